The molecular formula is C26H23FN4O2. The van der Waals surface area contributed by atoms with Crippen LogP contribution in [-0.4, -0.2) is 30.9 Å². The van der Waals surface area contributed by atoms with Gasteiger partial charge in [-0.3, -0.25) is 4.79 Å². The molecule has 0 bridgehead atoms. The highest BCUT2D eigenvalue weighted by Gasteiger charge is 2.46. The molecule has 1 atom stereocenters. The number of rotatable bonds is 4. The van der Waals surface area contributed by atoms with Crippen LogP contribution < -0.4 is 15.5 Å². The molecule has 1 aliphatic heterocycles. The molecule has 1 fully saturated rings. The molecule has 7 heteroatoms. The second-order valence-electron chi connectivity index (χ2n) is 8.32. The summed E-state index contributed by atoms with van der Waals surface area (Å²) >= 11 is 0. The van der Waals surface area contributed by atoms with Crippen molar-refractivity contribution in [1.29, 1.82) is 0 Å². The molecule has 0 aromatic heterocycles. The number of carbonyl (C=O) groups is 2. The number of amides is 3. The molecular weight excluding hydrogens is 419 g/mol. The summed E-state index contributed by atoms with van der Waals surface area (Å²) < 4.78 is 14.7. The fourth-order valence-corrected chi connectivity index (χ4v) is 4.23. The Balaban J connectivity index is 1.48. The van der Waals surface area contributed by atoms with Crippen molar-refractivity contribution in [1.82, 2.24) is 10.6 Å². The zero-order chi connectivity index (χ0) is 23.0. The van der Waals surface area contributed by atoms with Crippen LogP contribution in [0, 0.1) is 5.82 Å². The average Bonchev–Trinajstić information content (AvgIpc) is 3.63. The Morgan fingerprint density at radius 3 is 2.30 bits per heavy atom. The maximum atomic E-state index is 14.7. The van der Waals surface area contributed by atoms with Gasteiger partial charge in [0.1, 0.15) is 5.82 Å². The minimum atomic E-state index is -1.21. The molecule has 0 saturated heterocycles. The number of benzene rings is 3. The number of likely N-dealkylation sites (N-methyl/N-ethyl adjacent to an activating group) is 1. The van der Waals surface area contributed by atoms with Crippen molar-refractivity contribution in [2.75, 3.05) is 11.9 Å². The molecule has 3 amide bonds. The summed E-state index contributed by atoms with van der Waals surface area (Å²) in [6.45, 7) is 0. The number of benzodiazepines with no additional fused rings is 1. The number of hydrogen-bond donors (Lipinski definition) is 2. The number of carbonyl (C=O) groups excluding carboxylic acids is 2. The van der Waals surface area contributed by atoms with E-state index in [0.29, 0.717) is 17.0 Å². The third kappa shape index (κ3) is 3.86. The number of urea groups is 1. The SMILES string of the molecule is CN1C(=O)C(NC(=O)NC2(c3ccccc3)CC2)N=C(c2ccccc2F)c2ccccc21. The lowest BCUT2D eigenvalue weighted by Gasteiger charge is -2.23. The number of fused-ring (bicyclic) bond motifs is 1. The highest BCUT2D eigenvalue weighted by molar-refractivity contribution is 6.20. The van der Waals surface area contributed by atoms with E-state index < -0.39 is 29.5 Å². The van der Waals surface area contributed by atoms with Crippen LogP contribution in [0.15, 0.2) is 83.9 Å². The first-order valence-corrected chi connectivity index (χ1v) is 10.8. The Morgan fingerprint density at radius 1 is 0.970 bits per heavy atom. The van der Waals surface area contributed by atoms with Crippen molar-refractivity contribution in [3.8, 4) is 0 Å². The van der Waals surface area contributed by atoms with E-state index in [-0.39, 0.29) is 5.56 Å². The van der Waals surface area contributed by atoms with Gasteiger partial charge in [0, 0.05) is 18.2 Å². The molecule has 0 spiro atoms. The second-order valence-corrected chi connectivity index (χ2v) is 8.32. The molecule has 2 aliphatic rings. The smallest absolute Gasteiger partial charge is 0.317 e. The summed E-state index contributed by atoms with van der Waals surface area (Å²) in [6.07, 6.45) is 0.430. The van der Waals surface area contributed by atoms with Crippen molar-refractivity contribution in [3.63, 3.8) is 0 Å². The number of hydrogen-bond acceptors (Lipinski definition) is 3. The highest BCUT2D eigenvalue weighted by Crippen LogP contribution is 2.45. The van der Waals surface area contributed by atoms with E-state index in [1.54, 1.807) is 43.4 Å². The Labute approximate surface area is 191 Å². The zero-order valence-electron chi connectivity index (χ0n) is 18.1. The summed E-state index contributed by atoms with van der Waals surface area (Å²) in [7, 11) is 1.62. The molecule has 166 valence electrons. The van der Waals surface area contributed by atoms with Gasteiger partial charge in [-0.2, -0.15) is 0 Å². The molecule has 1 aliphatic carbocycles. The molecule has 5 rings (SSSR count). The first-order valence-electron chi connectivity index (χ1n) is 10.8. The summed E-state index contributed by atoms with van der Waals surface area (Å²) in [4.78, 5) is 32.2. The van der Waals surface area contributed by atoms with E-state index in [1.807, 2.05) is 36.4 Å². The Kier molecular flexibility index (Phi) is 5.17. The number of nitrogens with zero attached hydrogens (tertiary/aromatic N) is 2. The first-order chi connectivity index (χ1) is 16.0. The van der Waals surface area contributed by atoms with E-state index in [0.717, 1.165) is 18.4 Å². The summed E-state index contributed by atoms with van der Waals surface area (Å²) in [5.41, 5.74) is 2.38. The van der Waals surface area contributed by atoms with Gasteiger partial charge in [-0.05, 0) is 36.6 Å². The highest BCUT2D eigenvalue weighted by atomic mass is 19.1. The van der Waals surface area contributed by atoms with Crippen LogP contribution in [0.3, 0.4) is 0 Å². The zero-order valence-corrected chi connectivity index (χ0v) is 18.1. The minimum absolute atomic E-state index is 0.267. The maximum absolute atomic E-state index is 14.7. The van der Waals surface area contributed by atoms with Crippen LogP contribution in [0.25, 0.3) is 0 Å². The van der Waals surface area contributed by atoms with Crippen LogP contribution in [0.5, 0.6) is 0 Å². The fraction of sp³-hybridized carbons (Fsp3) is 0.192. The number of nitrogens with one attached hydrogen (secondary N) is 2. The van der Waals surface area contributed by atoms with Crippen molar-refractivity contribution >= 4 is 23.3 Å². The first kappa shape index (κ1) is 20.9. The Morgan fingerprint density at radius 2 is 1.61 bits per heavy atom. The van der Waals surface area contributed by atoms with Gasteiger partial charge in [0.05, 0.1) is 16.9 Å². The lowest BCUT2D eigenvalue weighted by Crippen LogP contribution is -2.51. The largest absolute Gasteiger partial charge is 0.329 e. The molecule has 1 heterocycles. The average molecular weight is 442 g/mol. The molecule has 1 saturated carbocycles. The number of aliphatic imine (C=N–C) groups is 1. The maximum Gasteiger partial charge on any atom is 0.317 e. The van der Waals surface area contributed by atoms with Crippen molar-refractivity contribution in [2.24, 2.45) is 4.99 Å². The quantitative estimate of drug-likeness (QED) is 0.642. The topological polar surface area (TPSA) is 73.8 Å². The van der Waals surface area contributed by atoms with Crippen molar-refractivity contribution in [3.05, 3.63) is 101 Å². The fourth-order valence-electron chi connectivity index (χ4n) is 4.23. The van der Waals surface area contributed by atoms with E-state index >= 15 is 0 Å². The standard InChI is InChI=1S/C26H23FN4O2/c1-31-21-14-8-6-12-19(21)22(18-11-5-7-13-20(18)27)28-23(24(31)32)29-25(33)30-26(15-16-26)17-9-3-2-4-10-17/h2-14,23H,15-16H2,1H3,(H2,29,30,33). The van der Waals surface area contributed by atoms with Gasteiger partial charge in [0.2, 0.25) is 6.17 Å². The van der Waals surface area contributed by atoms with Gasteiger partial charge in [0.25, 0.3) is 5.91 Å². The van der Waals surface area contributed by atoms with Crippen molar-refractivity contribution in [2.45, 2.75) is 24.5 Å². The van der Waals surface area contributed by atoms with Crippen LogP contribution in [0.4, 0.5) is 14.9 Å². The van der Waals surface area contributed by atoms with Crippen LogP contribution in [-0.2, 0) is 10.3 Å². The third-order valence-corrected chi connectivity index (χ3v) is 6.17. The summed E-state index contributed by atoms with van der Waals surface area (Å²) in [6, 6.07) is 22.7. The van der Waals surface area contributed by atoms with E-state index in [4.69, 9.17) is 0 Å². The van der Waals surface area contributed by atoms with Gasteiger partial charge < -0.3 is 15.5 Å². The number of halogens is 1. The van der Waals surface area contributed by atoms with Gasteiger partial charge in [-0.25, -0.2) is 14.2 Å². The Bertz CT molecular complexity index is 1250. The Hall–Kier alpha value is -4.00. The number of para-hydroxylation sites is 1. The van der Waals surface area contributed by atoms with Gasteiger partial charge >= 0.3 is 6.03 Å². The van der Waals surface area contributed by atoms with Gasteiger partial charge in [-0.1, -0.05) is 60.7 Å². The lowest BCUT2D eigenvalue weighted by atomic mass is 10.00. The molecule has 33 heavy (non-hydrogen) atoms. The normalized spacial score (nSPS) is 18.6. The van der Waals surface area contributed by atoms with E-state index in [1.165, 1.54) is 11.0 Å². The van der Waals surface area contributed by atoms with Crippen LogP contribution in [0.2, 0.25) is 0 Å². The second kappa shape index (κ2) is 8.16. The summed E-state index contributed by atoms with van der Waals surface area (Å²) in [5, 5.41) is 5.72. The third-order valence-electron chi connectivity index (χ3n) is 6.17. The molecule has 1 unspecified atom stereocenters. The minimum Gasteiger partial charge on any atom is -0.329 e. The van der Waals surface area contributed by atoms with Gasteiger partial charge in [0.15, 0.2) is 0 Å². The van der Waals surface area contributed by atoms with Gasteiger partial charge in [-0.15, -0.1) is 0 Å². The molecule has 2 N–H and O–H groups in total. The predicted molar refractivity (Wildman–Crippen MR) is 125 cm³/mol. The van der Waals surface area contributed by atoms with E-state index in [9.17, 15) is 14.0 Å². The molecule has 3 aromatic carbocycles. The summed E-state index contributed by atoms with van der Waals surface area (Å²) in [5.74, 6) is -0.860. The predicted octanol–water partition coefficient (Wildman–Crippen LogP) is 3.95. The lowest BCUT2D eigenvalue weighted by molar-refractivity contribution is -0.119. The molecule has 0 radical (unpaired) electrons. The van der Waals surface area contributed by atoms with Crippen LogP contribution >= 0.6 is 0 Å². The molecule has 6 nitrogen and oxygen atoms in total. The van der Waals surface area contributed by atoms with Crippen molar-refractivity contribution < 1.29 is 14.0 Å². The monoisotopic (exact) mass is 442 g/mol. The van der Waals surface area contributed by atoms with Crippen LogP contribution in [0.1, 0.15) is 29.5 Å². The van der Waals surface area contributed by atoms with E-state index in [2.05, 4.69) is 15.6 Å². The molecule has 3 aromatic rings. The number of anilines is 1.